The second kappa shape index (κ2) is 9.23. The lowest BCUT2D eigenvalue weighted by Gasteiger charge is -2.27. The Balaban J connectivity index is 1.77. The highest BCUT2D eigenvalue weighted by atomic mass is 19.4. The van der Waals surface area contributed by atoms with Crippen LogP contribution in [-0.4, -0.2) is 41.8 Å². The van der Waals surface area contributed by atoms with Crippen molar-refractivity contribution in [3.63, 3.8) is 0 Å². The van der Waals surface area contributed by atoms with E-state index in [-0.39, 0.29) is 23.8 Å². The first-order valence-corrected chi connectivity index (χ1v) is 9.75. The van der Waals surface area contributed by atoms with Gasteiger partial charge in [0.15, 0.2) is 5.76 Å². The largest absolute Gasteiger partial charge is 0.459 e. The lowest BCUT2D eigenvalue weighted by atomic mass is 10.0. The highest BCUT2D eigenvalue weighted by molar-refractivity contribution is 5.95. The van der Waals surface area contributed by atoms with Crippen LogP contribution in [0.4, 0.5) is 13.2 Å². The molecular weight excluding hydrogens is 415 g/mol. The fraction of sp³-hybridized carbons (Fsp3) is 0.381. The standard InChI is InChI=1S/C21H22F3N3O4/c1-13(25-20(30)17-7-4-10-31-17)19(29)26-16(12-27-9-3-8-18(27)28)14-5-2-6-15(11-14)21(22,23)24/h2,4-7,10-11,13,16H,3,8-9,12H2,1H3,(H,25,30)(H,26,29)/t13-,16+/m1/s1. The van der Waals surface area contributed by atoms with Gasteiger partial charge in [-0.25, -0.2) is 0 Å². The van der Waals surface area contributed by atoms with Crippen LogP contribution in [0.1, 0.15) is 47.5 Å². The molecule has 1 saturated heterocycles. The van der Waals surface area contributed by atoms with Crippen LogP contribution in [0.15, 0.2) is 47.1 Å². The third-order valence-corrected chi connectivity index (χ3v) is 4.99. The van der Waals surface area contributed by atoms with Crippen molar-refractivity contribution >= 4 is 17.7 Å². The van der Waals surface area contributed by atoms with Crippen molar-refractivity contribution in [3.8, 4) is 0 Å². The van der Waals surface area contributed by atoms with E-state index in [0.29, 0.717) is 19.4 Å². The number of hydrogen-bond acceptors (Lipinski definition) is 4. The first-order valence-electron chi connectivity index (χ1n) is 9.75. The minimum atomic E-state index is -4.54. The molecule has 3 rings (SSSR count). The zero-order valence-electron chi connectivity index (χ0n) is 16.7. The van der Waals surface area contributed by atoms with Gasteiger partial charge < -0.3 is 20.0 Å². The Morgan fingerprint density at radius 3 is 2.58 bits per heavy atom. The normalized spacial score (nSPS) is 16.1. The Hall–Kier alpha value is -3.30. The summed E-state index contributed by atoms with van der Waals surface area (Å²) in [4.78, 5) is 38.3. The number of benzene rings is 1. The number of likely N-dealkylation sites (tertiary alicyclic amines) is 1. The summed E-state index contributed by atoms with van der Waals surface area (Å²) in [5.74, 6) is -1.30. The molecule has 1 aliphatic rings. The predicted octanol–water partition coefficient (Wildman–Crippen LogP) is 2.90. The average Bonchev–Trinajstić information content (AvgIpc) is 3.39. The van der Waals surface area contributed by atoms with E-state index in [1.165, 1.54) is 42.4 Å². The summed E-state index contributed by atoms with van der Waals surface area (Å²) >= 11 is 0. The SMILES string of the molecule is C[C@@H](NC(=O)c1ccco1)C(=O)N[C@@H](CN1CCCC1=O)c1cccc(C(F)(F)F)c1. The summed E-state index contributed by atoms with van der Waals surface area (Å²) in [6.07, 6.45) is -2.22. The van der Waals surface area contributed by atoms with Gasteiger partial charge in [0, 0.05) is 19.5 Å². The molecule has 3 amide bonds. The fourth-order valence-corrected chi connectivity index (χ4v) is 3.32. The van der Waals surface area contributed by atoms with E-state index in [4.69, 9.17) is 4.42 Å². The van der Waals surface area contributed by atoms with Gasteiger partial charge in [0.25, 0.3) is 5.91 Å². The third-order valence-electron chi connectivity index (χ3n) is 4.99. The molecule has 1 fully saturated rings. The van der Waals surface area contributed by atoms with E-state index < -0.39 is 35.6 Å². The van der Waals surface area contributed by atoms with Crippen LogP contribution in [0.5, 0.6) is 0 Å². The van der Waals surface area contributed by atoms with Gasteiger partial charge in [0.2, 0.25) is 11.8 Å². The molecule has 166 valence electrons. The number of nitrogens with one attached hydrogen (secondary N) is 2. The summed E-state index contributed by atoms with van der Waals surface area (Å²) < 4.78 is 44.5. The maximum atomic E-state index is 13.2. The van der Waals surface area contributed by atoms with Crippen LogP contribution in [0.3, 0.4) is 0 Å². The highest BCUT2D eigenvalue weighted by Gasteiger charge is 2.32. The fourth-order valence-electron chi connectivity index (χ4n) is 3.32. The van der Waals surface area contributed by atoms with Crippen LogP contribution in [0.25, 0.3) is 0 Å². The maximum Gasteiger partial charge on any atom is 0.416 e. The van der Waals surface area contributed by atoms with Gasteiger partial charge in [0.05, 0.1) is 17.9 Å². The monoisotopic (exact) mass is 437 g/mol. The van der Waals surface area contributed by atoms with Crippen molar-refractivity contribution < 1.29 is 32.0 Å². The first-order chi connectivity index (χ1) is 14.6. The van der Waals surface area contributed by atoms with Crippen LogP contribution in [-0.2, 0) is 15.8 Å². The van der Waals surface area contributed by atoms with Gasteiger partial charge in [-0.3, -0.25) is 14.4 Å². The zero-order chi connectivity index (χ0) is 22.6. The molecular formula is C21H22F3N3O4. The Kier molecular flexibility index (Phi) is 6.67. The quantitative estimate of drug-likeness (QED) is 0.697. The Bertz CT molecular complexity index is 944. The molecule has 0 aliphatic carbocycles. The Morgan fingerprint density at radius 2 is 1.97 bits per heavy atom. The lowest BCUT2D eigenvalue weighted by molar-refractivity contribution is -0.137. The van der Waals surface area contributed by atoms with E-state index in [9.17, 15) is 27.6 Å². The van der Waals surface area contributed by atoms with Gasteiger partial charge in [-0.05, 0) is 43.2 Å². The number of hydrogen-bond donors (Lipinski definition) is 2. The van der Waals surface area contributed by atoms with Crippen molar-refractivity contribution in [3.05, 3.63) is 59.5 Å². The van der Waals surface area contributed by atoms with Crippen LogP contribution in [0.2, 0.25) is 0 Å². The second-order valence-corrected chi connectivity index (χ2v) is 7.30. The van der Waals surface area contributed by atoms with Crippen molar-refractivity contribution in [1.29, 1.82) is 0 Å². The van der Waals surface area contributed by atoms with E-state index in [1.807, 2.05) is 0 Å². The number of alkyl halides is 3. The molecule has 1 aliphatic heterocycles. The maximum absolute atomic E-state index is 13.2. The predicted molar refractivity (Wildman–Crippen MR) is 104 cm³/mol. The number of amides is 3. The highest BCUT2D eigenvalue weighted by Crippen LogP contribution is 2.31. The van der Waals surface area contributed by atoms with Crippen LogP contribution in [0, 0.1) is 0 Å². The average molecular weight is 437 g/mol. The van der Waals surface area contributed by atoms with E-state index >= 15 is 0 Å². The summed E-state index contributed by atoms with van der Waals surface area (Å²) in [5, 5.41) is 5.14. The number of furan rings is 1. The van der Waals surface area contributed by atoms with Crippen molar-refractivity contribution in [1.82, 2.24) is 15.5 Å². The minimum absolute atomic E-state index is 0.0248. The van der Waals surface area contributed by atoms with E-state index in [0.717, 1.165) is 12.1 Å². The van der Waals surface area contributed by atoms with Crippen LogP contribution < -0.4 is 10.6 Å². The van der Waals surface area contributed by atoms with Gasteiger partial charge in [-0.1, -0.05) is 12.1 Å². The molecule has 2 aromatic rings. The molecule has 31 heavy (non-hydrogen) atoms. The van der Waals surface area contributed by atoms with Crippen LogP contribution >= 0.6 is 0 Å². The van der Waals surface area contributed by atoms with E-state index in [1.54, 1.807) is 0 Å². The topological polar surface area (TPSA) is 91.7 Å². The first kappa shape index (κ1) is 22.4. The second-order valence-electron chi connectivity index (χ2n) is 7.30. The minimum Gasteiger partial charge on any atom is -0.459 e. The van der Waals surface area contributed by atoms with Crippen molar-refractivity contribution in [2.45, 2.75) is 38.0 Å². The van der Waals surface area contributed by atoms with Crippen molar-refractivity contribution in [2.75, 3.05) is 13.1 Å². The van der Waals surface area contributed by atoms with Crippen molar-refractivity contribution in [2.24, 2.45) is 0 Å². The molecule has 0 radical (unpaired) electrons. The molecule has 1 aromatic carbocycles. The molecule has 2 N–H and O–H groups in total. The molecule has 0 unspecified atom stereocenters. The molecule has 10 heteroatoms. The summed E-state index contributed by atoms with van der Waals surface area (Å²) in [6.45, 7) is 1.94. The Morgan fingerprint density at radius 1 is 1.19 bits per heavy atom. The molecule has 7 nitrogen and oxygen atoms in total. The van der Waals surface area contributed by atoms with Gasteiger partial charge in [-0.2, -0.15) is 13.2 Å². The number of halogens is 3. The summed E-state index contributed by atoms with van der Waals surface area (Å²) in [6, 6.07) is 5.71. The molecule has 2 heterocycles. The molecule has 0 spiro atoms. The Labute approximate surface area is 176 Å². The van der Waals surface area contributed by atoms with Gasteiger partial charge >= 0.3 is 6.18 Å². The molecule has 0 bridgehead atoms. The number of carbonyl (C=O) groups is 3. The third kappa shape index (κ3) is 5.65. The van der Waals surface area contributed by atoms with Gasteiger partial charge in [-0.15, -0.1) is 0 Å². The van der Waals surface area contributed by atoms with Gasteiger partial charge in [0.1, 0.15) is 6.04 Å². The molecule has 2 atom stereocenters. The molecule has 0 saturated carbocycles. The summed E-state index contributed by atoms with van der Waals surface area (Å²) in [7, 11) is 0. The van der Waals surface area contributed by atoms with E-state index in [2.05, 4.69) is 10.6 Å². The zero-order valence-corrected chi connectivity index (χ0v) is 16.7. The summed E-state index contributed by atoms with van der Waals surface area (Å²) in [5.41, 5.74) is -0.636. The number of nitrogens with zero attached hydrogens (tertiary/aromatic N) is 1. The lowest BCUT2D eigenvalue weighted by Crippen LogP contribution is -2.48. The number of rotatable bonds is 7. The smallest absolute Gasteiger partial charge is 0.416 e. The number of carbonyl (C=O) groups excluding carboxylic acids is 3. The molecule has 1 aromatic heterocycles.